The molecule has 0 bridgehead atoms. The van der Waals surface area contributed by atoms with Crippen LogP contribution < -0.4 is 16.4 Å². The maximum absolute atomic E-state index is 11.1. The van der Waals surface area contributed by atoms with Gasteiger partial charge in [0.1, 0.15) is 4.99 Å². The zero-order valence-electron chi connectivity index (χ0n) is 9.73. The number of nitrogens with two attached hydrogens (primary N) is 2. The Morgan fingerprint density at radius 3 is 2.67 bits per heavy atom. The molecule has 4 N–H and O–H groups in total. The minimum Gasteiger partial charge on any atom is -0.389 e. The molecule has 1 aromatic carbocycles. The van der Waals surface area contributed by atoms with E-state index in [4.69, 9.17) is 35.3 Å². The van der Waals surface area contributed by atoms with Gasteiger partial charge in [-0.3, -0.25) is 4.79 Å². The molecule has 1 saturated heterocycles. The first kappa shape index (κ1) is 13.1. The van der Waals surface area contributed by atoms with Crippen molar-refractivity contribution in [1.29, 1.82) is 0 Å². The van der Waals surface area contributed by atoms with Crippen molar-refractivity contribution in [3.63, 3.8) is 0 Å². The molecule has 0 saturated carbocycles. The molecular formula is C12H14ClN3OS. The van der Waals surface area contributed by atoms with E-state index in [-0.39, 0.29) is 16.8 Å². The van der Waals surface area contributed by atoms with E-state index < -0.39 is 0 Å². The smallest absolute Gasteiger partial charge is 0.222 e. The van der Waals surface area contributed by atoms with Crippen LogP contribution in [-0.4, -0.2) is 24.0 Å². The fourth-order valence-electron chi connectivity index (χ4n) is 2.13. The molecule has 4 nitrogen and oxygen atoms in total. The molecule has 1 fully saturated rings. The van der Waals surface area contributed by atoms with Crippen LogP contribution in [0, 0.1) is 5.92 Å². The average molecular weight is 284 g/mol. The summed E-state index contributed by atoms with van der Waals surface area (Å²) in [7, 11) is 0. The fourth-order valence-corrected chi connectivity index (χ4v) is 2.64. The Balaban J connectivity index is 2.18. The Morgan fingerprint density at radius 2 is 2.17 bits per heavy atom. The van der Waals surface area contributed by atoms with Gasteiger partial charge in [-0.15, -0.1) is 0 Å². The number of carbonyl (C=O) groups excluding carboxylic acids is 1. The third-order valence-corrected chi connectivity index (χ3v) is 3.71. The second-order valence-electron chi connectivity index (χ2n) is 4.36. The Hall–Kier alpha value is -1.33. The van der Waals surface area contributed by atoms with Gasteiger partial charge in [-0.05, 0) is 24.6 Å². The van der Waals surface area contributed by atoms with Crippen LogP contribution in [0.5, 0.6) is 0 Å². The molecule has 1 aliphatic heterocycles. The van der Waals surface area contributed by atoms with Crippen molar-refractivity contribution in [2.45, 2.75) is 6.42 Å². The predicted molar refractivity (Wildman–Crippen MR) is 76.9 cm³/mol. The summed E-state index contributed by atoms with van der Waals surface area (Å²) in [6, 6.07) is 5.53. The Bertz CT molecular complexity index is 506. The summed E-state index contributed by atoms with van der Waals surface area (Å²) < 4.78 is 0. The third kappa shape index (κ3) is 2.57. The van der Waals surface area contributed by atoms with Crippen LogP contribution in [0.1, 0.15) is 12.0 Å². The lowest BCUT2D eigenvalue weighted by molar-refractivity contribution is -0.121. The molecule has 0 aliphatic carbocycles. The first-order valence-electron chi connectivity index (χ1n) is 5.62. The quantitative estimate of drug-likeness (QED) is 0.820. The number of hydrogen-bond donors (Lipinski definition) is 2. The van der Waals surface area contributed by atoms with Gasteiger partial charge in [0.15, 0.2) is 0 Å². The molecule has 1 aromatic rings. The molecule has 18 heavy (non-hydrogen) atoms. The average Bonchev–Trinajstić information content (AvgIpc) is 2.77. The van der Waals surface area contributed by atoms with Crippen molar-refractivity contribution in [2.75, 3.05) is 18.0 Å². The normalized spacial score (nSPS) is 18.9. The van der Waals surface area contributed by atoms with Gasteiger partial charge < -0.3 is 16.4 Å². The molecular weight excluding hydrogens is 270 g/mol. The van der Waals surface area contributed by atoms with Crippen LogP contribution in [0.25, 0.3) is 0 Å². The molecule has 1 heterocycles. The van der Waals surface area contributed by atoms with Gasteiger partial charge in [-0.2, -0.15) is 0 Å². The lowest BCUT2D eigenvalue weighted by Crippen LogP contribution is -2.27. The standard InChI is InChI=1S/C12H14ClN3OS/c13-10-5-8(1-2-9(10)12(15)18)16-4-3-7(6-16)11(14)17/h1-2,5,7H,3-4,6H2,(H2,14,17)(H2,15,18). The number of hydrogen-bond acceptors (Lipinski definition) is 3. The fraction of sp³-hybridized carbons (Fsp3) is 0.333. The number of amides is 1. The molecule has 1 aliphatic rings. The van der Waals surface area contributed by atoms with Crippen molar-refractivity contribution < 1.29 is 4.79 Å². The highest BCUT2D eigenvalue weighted by atomic mass is 35.5. The Kier molecular flexibility index (Phi) is 3.73. The van der Waals surface area contributed by atoms with Crippen LogP contribution in [-0.2, 0) is 4.79 Å². The maximum atomic E-state index is 11.1. The van der Waals surface area contributed by atoms with E-state index in [0.717, 1.165) is 18.7 Å². The minimum atomic E-state index is -0.247. The second-order valence-corrected chi connectivity index (χ2v) is 5.21. The van der Waals surface area contributed by atoms with E-state index in [1.807, 2.05) is 12.1 Å². The molecule has 6 heteroatoms. The highest BCUT2D eigenvalue weighted by molar-refractivity contribution is 7.80. The van der Waals surface area contributed by atoms with Gasteiger partial charge in [0.05, 0.1) is 10.9 Å². The lowest BCUT2D eigenvalue weighted by Gasteiger charge is -2.19. The van der Waals surface area contributed by atoms with Gasteiger partial charge in [-0.25, -0.2) is 0 Å². The van der Waals surface area contributed by atoms with Gasteiger partial charge in [0.2, 0.25) is 5.91 Å². The van der Waals surface area contributed by atoms with Crippen LogP contribution in [0.4, 0.5) is 5.69 Å². The van der Waals surface area contributed by atoms with Crippen molar-refractivity contribution in [1.82, 2.24) is 0 Å². The van der Waals surface area contributed by atoms with Gasteiger partial charge in [-0.1, -0.05) is 23.8 Å². The monoisotopic (exact) mass is 283 g/mol. The Labute approximate surface area is 116 Å². The highest BCUT2D eigenvalue weighted by Crippen LogP contribution is 2.28. The summed E-state index contributed by atoms with van der Waals surface area (Å²) in [6.07, 6.45) is 0.782. The molecule has 1 atom stereocenters. The van der Waals surface area contributed by atoms with Gasteiger partial charge >= 0.3 is 0 Å². The minimum absolute atomic E-state index is 0.0842. The predicted octanol–water partition coefficient (Wildman–Crippen LogP) is 1.29. The van der Waals surface area contributed by atoms with E-state index in [2.05, 4.69) is 4.90 Å². The second kappa shape index (κ2) is 5.12. The molecule has 1 amide bonds. The first-order valence-corrected chi connectivity index (χ1v) is 6.41. The molecule has 0 radical (unpaired) electrons. The SMILES string of the molecule is NC(=O)C1CCN(c2ccc(C(N)=S)c(Cl)c2)C1. The van der Waals surface area contributed by atoms with Gasteiger partial charge in [0.25, 0.3) is 0 Å². The number of primary amides is 1. The number of halogens is 1. The number of carbonyl (C=O) groups is 1. The molecule has 1 unspecified atom stereocenters. The van der Waals surface area contributed by atoms with Crippen LogP contribution in [0.15, 0.2) is 18.2 Å². The third-order valence-electron chi connectivity index (χ3n) is 3.17. The topological polar surface area (TPSA) is 72.4 Å². The van der Waals surface area contributed by atoms with Gasteiger partial charge in [0, 0.05) is 24.3 Å². The summed E-state index contributed by atoms with van der Waals surface area (Å²) in [6.45, 7) is 1.44. The molecule has 96 valence electrons. The van der Waals surface area contributed by atoms with Crippen LogP contribution in [0.2, 0.25) is 5.02 Å². The summed E-state index contributed by atoms with van der Waals surface area (Å²) in [5, 5.41) is 0.530. The van der Waals surface area contributed by atoms with Crippen LogP contribution >= 0.6 is 23.8 Å². The number of nitrogens with zero attached hydrogens (tertiary/aromatic N) is 1. The number of rotatable bonds is 3. The van der Waals surface area contributed by atoms with Crippen LogP contribution in [0.3, 0.4) is 0 Å². The van der Waals surface area contributed by atoms with E-state index in [0.29, 0.717) is 17.1 Å². The van der Waals surface area contributed by atoms with Crippen molar-refractivity contribution in [3.8, 4) is 0 Å². The zero-order valence-corrected chi connectivity index (χ0v) is 11.3. The van der Waals surface area contributed by atoms with E-state index >= 15 is 0 Å². The zero-order chi connectivity index (χ0) is 13.3. The molecule has 2 rings (SSSR count). The molecule has 0 spiro atoms. The maximum Gasteiger partial charge on any atom is 0.222 e. The number of anilines is 1. The highest BCUT2D eigenvalue weighted by Gasteiger charge is 2.26. The van der Waals surface area contributed by atoms with Crippen molar-refractivity contribution >= 4 is 40.4 Å². The van der Waals surface area contributed by atoms with E-state index in [1.54, 1.807) is 6.07 Å². The summed E-state index contributed by atoms with van der Waals surface area (Å²) in [5.41, 5.74) is 12.5. The summed E-state index contributed by atoms with van der Waals surface area (Å²) in [4.78, 5) is 13.5. The molecule has 0 aromatic heterocycles. The summed E-state index contributed by atoms with van der Waals surface area (Å²) in [5.74, 6) is -0.331. The van der Waals surface area contributed by atoms with E-state index in [9.17, 15) is 4.79 Å². The largest absolute Gasteiger partial charge is 0.389 e. The number of thiocarbonyl (C=S) groups is 1. The first-order chi connectivity index (χ1) is 8.49. The van der Waals surface area contributed by atoms with Crippen molar-refractivity contribution in [2.24, 2.45) is 17.4 Å². The summed E-state index contributed by atoms with van der Waals surface area (Å²) >= 11 is 11.0. The van der Waals surface area contributed by atoms with Crippen molar-refractivity contribution in [3.05, 3.63) is 28.8 Å². The Morgan fingerprint density at radius 1 is 1.44 bits per heavy atom. The van der Waals surface area contributed by atoms with E-state index in [1.165, 1.54) is 0 Å². The lowest BCUT2D eigenvalue weighted by atomic mass is 10.1. The number of benzene rings is 1.